The lowest BCUT2D eigenvalue weighted by atomic mass is 10.5. The zero-order valence-electron chi connectivity index (χ0n) is 5.07. The van der Waals surface area contributed by atoms with Gasteiger partial charge in [0.15, 0.2) is 0 Å². The van der Waals surface area contributed by atoms with Crippen LogP contribution in [-0.2, 0) is 4.74 Å². The Morgan fingerprint density at radius 1 is 1.75 bits per heavy atom. The van der Waals surface area contributed by atoms with Crippen LogP contribution in [-0.4, -0.2) is 7.11 Å². The molecule has 0 aromatic carbocycles. The van der Waals surface area contributed by atoms with E-state index in [9.17, 15) is 0 Å². The molecule has 0 aromatic heterocycles. The Balaban J connectivity index is 3.70. The molecule has 0 aliphatic rings. The summed E-state index contributed by atoms with van der Waals surface area (Å²) in [5, 5.41) is 0.678. The van der Waals surface area contributed by atoms with Gasteiger partial charge in [-0.1, -0.05) is 18.2 Å². The highest BCUT2D eigenvalue weighted by Gasteiger charge is 1.82. The fourth-order valence-electron chi connectivity index (χ4n) is 0.281. The Hall–Kier alpha value is -0.430. The fourth-order valence-corrected chi connectivity index (χ4v) is 0.402. The number of ether oxygens (including phenoxy) is 1. The lowest BCUT2D eigenvalue weighted by Gasteiger charge is -1.94. The van der Waals surface area contributed by atoms with Crippen LogP contribution < -0.4 is 0 Å². The minimum atomic E-state index is 0.581. The van der Waals surface area contributed by atoms with Crippen molar-refractivity contribution < 1.29 is 4.74 Å². The molecular weight excluding hydrogens is 124 g/mol. The summed E-state index contributed by atoms with van der Waals surface area (Å²) in [5.74, 6) is 0.581. The summed E-state index contributed by atoms with van der Waals surface area (Å²) in [4.78, 5) is 0. The first-order valence-corrected chi connectivity index (χ1v) is 2.61. The molecule has 1 nitrogen and oxygen atoms in total. The van der Waals surface area contributed by atoms with Gasteiger partial charge in [0, 0.05) is 5.03 Å². The Bertz CT molecular complexity index is 112. The van der Waals surface area contributed by atoms with E-state index in [4.69, 9.17) is 16.3 Å². The molecule has 46 valence electrons. The van der Waals surface area contributed by atoms with E-state index in [1.54, 1.807) is 20.1 Å². The van der Waals surface area contributed by atoms with Crippen molar-refractivity contribution in [3.8, 4) is 0 Å². The van der Waals surface area contributed by atoms with Gasteiger partial charge in [-0.05, 0) is 13.0 Å². The highest BCUT2D eigenvalue weighted by molar-refractivity contribution is 6.29. The SMILES string of the molecule is C=C(C=C(C)Cl)OC. The molecule has 0 N–H and O–H groups in total. The van der Waals surface area contributed by atoms with E-state index in [2.05, 4.69) is 6.58 Å². The number of hydrogen-bond donors (Lipinski definition) is 0. The molecule has 0 saturated heterocycles. The molecule has 0 radical (unpaired) electrons. The van der Waals surface area contributed by atoms with Gasteiger partial charge in [0.2, 0.25) is 0 Å². The summed E-state index contributed by atoms with van der Waals surface area (Å²) in [7, 11) is 1.55. The van der Waals surface area contributed by atoms with Crippen molar-refractivity contribution in [1.82, 2.24) is 0 Å². The number of methoxy groups -OCH3 is 1. The normalized spacial score (nSPS) is 11.1. The molecule has 0 rings (SSSR count). The molecule has 0 aliphatic heterocycles. The Morgan fingerprint density at radius 3 is 2.38 bits per heavy atom. The minimum Gasteiger partial charge on any atom is -0.497 e. The van der Waals surface area contributed by atoms with Gasteiger partial charge in [-0.2, -0.15) is 0 Å². The molecule has 0 bridgehead atoms. The first-order chi connectivity index (χ1) is 3.66. The Morgan fingerprint density at radius 2 is 2.25 bits per heavy atom. The van der Waals surface area contributed by atoms with Crippen LogP contribution in [0.5, 0.6) is 0 Å². The fraction of sp³-hybridized carbons (Fsp3) is 0.333. The molecule has 0 atom stereocenters. The van der Waals surface area contributed by atoms with Gasteiger partial charge in [-0.3, -0.25) is 0 Å². The van der Waals surface area contributed by atoms with Crippen LogP contribution in [0.4, 0.5) is 0 Å². The highest BCUT2D eigenvalue weighted by Crippen LogP contribution is 2.03. The lowest BCUT2D eigenvalue weighted by molar-refractivity contribution is 0.308. The van der Waals surface area contributed by atoms with Gasteiger partial charge >= 0.3 is 0 Å². The molecule has 0 aliphatic carbocycles. The van der Waals surface area contributed by atoms with Gasteiger partial charge in [0.05, 0.1) is 7.11 Å². The van der Waals surface area contributed by atoms with Crippen molar-refractivity contribution in [3.63, 3.8) is 0 Å². The van der Waals surface area contributed by atoms with Crippen LogP contribution in [0.25, 0.3) is 0 Å². The Labute approximate surface area is 54.6 Å². The number of allylic oxidation sites excluding steroid dienone is 2. The third kappa shape index (κ3) is 3.75. The third-order valence-corrected chi connectivity index (χ3v) is 0.731. The molecule has 0 amide bonds. The van der Waals surface area contributed by atoms with Crippen molar-refractivity contribution >= 4 is 11.6 Å². The standard InChI is InChI=1S/C6H9ClO/c1-5(7)4-6(2)8-3/h4H,2H2,1,3H3. The van der Waals surface area contributed by atoms with Gasteiger partial charge in [0.25, 0.3) is 0 Å². The van der Waals surface area contributed by atoms with E-state index in [1.807, 2.05) is 0 Å². The molecular formula is C6H9ClO. The zero-order valence-corrected chi connectivity index (χ0v) is 5.83. The van der Waals surface area contributed by atoms with E-state index in [0.29, 0.717) is 10.8 Å². The number of hydrogen-bond acceptors (Lipinski definition) is 1. The van der Waals surface area contributed by atoms with E-state index < -0.39 is 0 Å². The predicted molar refractivity (Wildman–Crippen MR) is 35.8 cm³/mol. The van der Waals surface area contributed by atoms with Crippen molar-refractivity contribution in [2.45, 2.75) is 6.92 Å². The second-order valence-corrected chi connectivity index (χ2v) is 2.00. The van der Waals surface area contributed by atoms with E-state index in [-0.39, 0.29) is 0 Å². The van der Waals surface area contributed by atoms with Crippen LogP contribution in [0.1, 0.15) is 6.92 Å². The van der Waals surface area contributed by atoms with Crippen molar-refractivity contribution in [2.75, 3.05) is 7.11 Å². The highest BCUT2D eigenvalue weighted by atomic mass is 35.5. The first kappa shape index (κ1) is 7.57. The molecule has 0 heterocycles. The third-order valence-electron chi connectivity index (χ3n) is 0.622. The van der Waals surface area contributed by atoms with Crippen molar-refractivity contribution in [2.24, 2.45) is 0 Å². The molecule has 2 heteroatoms. The second-order valence-electron chi connectivity index (χ2n) is 1.40. The van der Waals surface area contributed by atoms with Gasteiger partial charge < -0.3 is 4.74 Å². The van der Waals surface area contributed by atoms with Crippen LogP contribution in [0.3, 0.4) is 0 Å². The summed E-state index contributed by atoms with van der Waals surface area (Å²) in [6.07, 6.45) is 1.65. The largest absolute Gasteiger partial charge is 0.497 e. The molecule has 0 unspecified atom stereocenters. The van der Waals surface area contributed by atoms with Gasteiger partial charge in [0.1, 0.15) is 5.76 Å². The average molecular weight is 133 g/mol. The van der Waals surface area contributed by atoms with E-state index in [1.165, 1.54) is 0 Å². The van der Waals surface area contributed by atoms with Gasteiger partial charge in [-0.25, -0.2) is 0 Å². The van der Waals surface area contributed by atoms with Crippen LogP contribution in [0.2, 0.25) is 0 Å². The summed E-state index contributed by atoms with van der Waals surface area (Å²) >= 11 is 5.47. The topological polar surface area (TPSA) is 9.23 Å². The lowest BCUT2D eigenvalue weighted by Crippen LogP contribution is -1.76. The molecule has 0 aromatic rings. The average Bonchev–Trinajstić information content (AvgIpc) is 1.65. The smallest absolute Gasteiger partial charge is 0.112 e. The van der Waals surface area contributed by atoms with Crippen molar-refractivity contribution in [1.29, 1.82) is 0 Å². The summed E-state index contributed by atoms with van der Waals surface area (Å²) < 4.78 is 4.71. The van der Waals surface area contributed by atoms with Crippen LogP contribution >= 0.6 is 11.6 Å². The minimum absolute atomic E-state index is 0.581. The number of halogens is 1. The van der Waals surface area contributed by atoms with Crippen LogP contribution in [0.15, 0.2) is 23.4 Å². The Kier molecular flexibility index (Phi) is 3.37. The summed E-state index contributed by atoms with van der Waals surface area (Å²) in [6, 6.07) is 0. The second kappa shape index (κ2) is 3.56. The summed E-state index contributed by atoms with van der Waals surface area (Å²) in [5.41, 5.74) is 0. The predicted octanol–water partition coefficient (Wildman–Crippen LogP) is 2.29. The van der Waals surface area contributed by atoms with Crippen LogP contribution in [0, 0.1) is 0 Å². The molecule has 0 fully saturated rings. The molecule has 8 heavy (non-hydrogen) atoms. The first-order valence-electron chi connectivity index (χ1n) is 2.23. The van der Waals surface area contributed by atoms with Gasteiger partial charge in [-0.15, -0.1) is 0 Å². The number of rotatable bonds is 2. The molecule has 0 saturated carbocycles. The van der Waals surface area contributed by atoms with E-state index in [0.717, 1.165) is 0 Å². The van der Waals surface area contributed by atoms with Crippen molar-refractivity contribution in [3.05, 3.63) is 23.4 Å². The summed E-state index contributed by atoms with van der Waals surface area (Å²) in [6.45, 7) is 5.30. The monoisotopic (exact) mass is 132 g/mol. The zero-order chi connectivity index (χ0) is 6.57. The maximum absolute atomic E-state index is 5.47. The maximum atomic E-state index is 5.47. The quantitative estimate of drug-likeness (QED) is 0.414. The van der Waals surface area contributed by atoms with E-state index >= 15 is 0 Å². The molecule has 0 spiro atoms. The maximum Gasteiger partial charge on any atom is 0.112 e.